The van der Waals surface area contributed by atoms with Crippen molar-refractivity contribution in [2.24, 2.45) is 15.2 Å². The number of carbonyl (C=O) groups excluding carboxylic acids is 1. The molecular formula is C6H5N3O. The molecule has 1 amide bonds. The average Bonchev–Trinajstić information content (AvgIpc) is 2.02. The minimum absolute atomic E-state index is 0.328. The Bertz CT molecular complexity index is 213. The van der Waals surface area contributed by atoms with Crippen molar-refractivity contribution in [1.29, 1.82) is 0 Å². The van der Waals surface area contributed by atoms with E-state index >= 15 is 0 Å². The minimum Gasteiger partial charge on any atom is -0.267 e. The van der Waals surface area contributed by atoms with Crippen LogP contribution in [0, 0.1) is 0 Å². The van der Waals surface area contributed by atoms with E-state index in [1.165, 1.54) is 30.8 Å². The molecule has 1 rings (SSSR count). The number of amides is 1. The molecule has 50 valence electrons. The van der Waals surface area contributed by atoms with E-state index in [-0.39, 0.29) is 5.91 Å². The summed E-state index contributed by atoms with van der Waals surface area (Å²) in [5, 5.41) is 7.04. The maximum Gasteiger partial charge on any atom is 0.271 e. The van der Waals surface area contributed by atoms with Crippen molar-refractivity contribution in [3.05, 3.63) is 24.6 Å². The predicted octanol–water partition coefficient (Wildman–Crippen LogP) is 1.08. The van der Waals surface area contributed by atoms with Gasteiger partial charge >= 0.3 is 0 Å². The van der Waals surface area contributed by atoms with Crippen LogP contribution in [0.25, 0.3) is 0 Å². The van der Waals surface area contributed by atoms with Crippen LogP contribution in [0.15, 0.2) is 39.8 Å². The van der Waals surface area contributed by atoms with Gasteiger partial charge in [-0.2, -0.15) is 10.2 Å². The Hall–Kier alpha value is -1.58. The highest BCUT2D eigenvalue weighted by Gasteiger charge is 1.86. The zero-order valence-electron chi connectivity index (χ0n) is 5.14. The highest BCUT2D eigenvalue weighted by atomic mass is 16.1. The van der Waals surface area contributed by atoms with Gasteiger partial charge in [0.15, 0.2) is 0 Å². The van der Waals surface area contributed by atoms with E-state index in [1.807, 2.05) is 0 Å². The fourth-order valence-corrected chi connectivity index (χ4v) is 0.411. The number of allylic oxidation sites excluding steroid dienone is 1. The van der Waals surface area contributed by atoms with Gasteiger partial charge in [0.1, 0.15) is 0 Å². The first kappa shape index (κ1) is 6.54. The highest BCUT2D eigenvalue weighted by Crippen LogP contribution is 1.86. The summed E-state index contributed by atoms with van der Waals surface area (Å²) in [5.41, 5.74) is 0. The molecule has 1 aliphatic rings. The predicted molar refractivity (Wildman–Crippen MR) is 36.6 cm³/mol. The fourth-order valence-electron chi connectivity index (χ4n) is 0.411. The summed E-state index contributed by atoms with van der Waals surface area (Å²) in [4.78, 5) is 14.1. The van der Waals surface area contributed by atoms with E-state index < -0.39 is 0 Å². The van der Waals surface area contributed by atoms with Crippen LogP contribution in [0.2, 0.25) is 0 Å². The average molecular weight is 135 g/mol. The van der Waals surface area contributed by atoms with Crippen LogP contribution in [0.4, 0.5) is 0 Å². The second-order valence-corrected chi connectivity index (χ2v) is 1.50. The van der Waals surface area contributed by atoms with E-state index in [2.05, 4.69) is 15.2 Å². The Morgan fingerprint density at radius 1 is 1.20 bits per heavy atom. The third-order valence-electron chi connectivity index (χ3n) is 0.791. The van der Waals surface area contributed by atoms with Crippen molar-refractivity contribution in [2.45, 2.75) is 0 Å². The van der Waals surface area contributed by atoms with Gasteiger partial charge in [0, 0.05) is 12.3 Å². The van der Waals surface area contributed by atoms with Crippen LogP contribution in [-0.4, -0.2) is 12.1 Å². The van der Waals surface area contributed by atoms with E-state index in [1.54, 1.807) is 0 Å². The van der Waals surface area contributed by atoms with E-state index in [0.717, 1.165) is 0 Å². The molecule has 0 bridgehead atoms. The van der Waals surface area contributed by atoms with Crippen molar-refractivity contribution < 1.29 is 4.79 Å². The molecule has 0 aromatic heterocycles. The first-order valence-corrected chi connectivity index (χ1v) is 2.69. The number of rotatable bonds is 0. The standard InChI is InChI=1S/C6H5N3O/c10-6-2-5-9-8-4-1-3-7-6/h1-5H. The molecule has 1 aliphatic heterocycles. The van der Waals surface area contributed by atoms with Gasteiger partial charge in [0.25, 0.3) is 5.91 Å². The van der Waals surface area contributed by atoms with Crippen LogP contribution in [0.5, 0.6) is 0 Å². The van der Waals surface area contributed by atoms with Gasteiger partial charge in [-0.15, -0.1) is 0 Å². The van der Waals surface area contributed by atoms with Crippen LogP contribution < -0.4 is 0 Å². The zero-order valence-corrected chi connectivity index (χ0v) is 5.14. The van der Waals surface area contributed by atoms with Crippen molar-refractivity contribution in [1.82, 2.24) is 0 Å². The zero-order chi connectivity index (χ0) is 7.23. The second-order valence-electron chi connectivity index (χ2n) is 1.50. The van der Waals surface area contributed by atoms with Crippen LogP contribution in [-0.2, 0) is 4.79 Å². The van der Waals surface area contributed by atoms with E-state index in [0.29, 0.717) is 0 Å². The minimum atomic E-state index is -0.328. The maximum atomic E-state index is 10.6. The van der Waals surface area contributed by atoms with Crippen LogP contribution in [0.1, 0.15) is 0 Å². The molecule has 4 nitrogen and oxygen atoms in total. The molecule has 10 heavy (non-hydrogen) atoms. The third kappa shape index (κ3) is 2.13. The number of azo groups is 1. The van der Waals surface area contributed by atoms with E-state index in [9.17, 15) is 4.79 Å². The fraction of sp³-hybridized carbons (Fsp3) is 0. The summed E-state index contributed by atoms with van der Waals surface area (Å²) in [6, 6.07) is 0. The van der Waals surface area contributed by atoms with Gasteiger partial charge in [-0.05, 0) is 6.08 Å². The van der Waals surface area contributed by atoms with Crippen molar-refractivity contribution in [3.63, 3.8) is 0 Å². The Morgan fingerprint density at radius 2 is 2.00 bits per heavy atom. The lowest BCUT2D eigenvalue weighted by Gasteiger charge is -1.75. The number of hydrogen-bond acceptors (Lipinski definition) is 3. The monoisotopic (exact) mass is 135 g/mol. The second kappa shape index (κ2) is 3.45. The largest absolute Gasteiger partial charge is 0.271 e. The van der Waals surface area contributed by atoms with Gasteiger partial charge in [-0.1, -0.05) is 0 Å². The van der Waals surface area contributed by atoms with E-state index in [4.69, 9.17) is 0 Å². The topological polar surface area (TPSA) is 54.1 Å². The number of aliphatic imine (C=N–C) groups is 1. The van der Waals surface area contributed by atoms with Gasteiger partial charge < -0.3 is 0 Å². The highest BCUT2D eigenvalue weighted by molar-refractivity contribution is 5.95. The van der Waals surface area contributed by atoms with Gasteiger partial charge in [0.05, 0.1) is 12.4 Å². The van der Waals surface area contributed by atoms with Gasteiger partial charge in [-0.25, -0.2) is 4.99 Å². The molecule has 0 saturated heterocycles. The van der Waals surface area contributed by atoms with Crippen molar-refractivity contribution in [2.75, 3.05) is 0 Å². The SMILES string of the molecule is O=C1C=CN=NC=CC=N1. The molecule has 0 aromatic carbocycles. The van der Waals surface area contributed by atoms with Crippen molar-refractivity contribution in [3.8, 4) is 0 Å². The molecule has 4 heteroatoms. The molecule has 1 heterocycles. The number of nitrogens with zero attached hydrogens (tertiary/aromatic N) is 3. The van der Waals surface area contributed by atoms with Crippen molar-refractivity contribution >= 4 is 12.1 Å². The summed E-state index contributed by atoms with van der Waals surface area (Å²) < 4.78 is 0. The summed E-state index contributed by atoms with van der Waals surface area (Å²) in [6.45, 7) is 0. The lowest BCUT2D eigenvalue weighted by molar-refractivity contribution is -0.113. The molecule has 0 unspecified atom stereocenters. The Kier molecular flexibility index (Phi) is 2.25. The molecule has 0 aromatic rings. The first-order valence-electron chi connectivity index (χ1n) is 2.69. The van der Waals surface area contributed by atoms with Crippen LogP contribution in [0.3, 0.4) is 0 Å². The van der Waals surface area contributed by atoms with Gasteiger partial charge in [0.2, 0.25) is 0 Å². The molecule has 0 aliphatic carbocycles. The molecule has 0 N–H and O–H groups in total. The quantitative estimate of drug-likeness (QED) is 0.490. The third-order valence-corrected chi connectivity index (χ3v) is 0.791. The normalized spacial score (nSPS) is 16.6. The Balaban J connectivity index is 2.80. The molecule has 0 spiro atoms. The molecule has 0 atom stereocenters. The first-order chi connectivity index (χ1) is 4.89. The summed E-state index contributed by atoms with van der Waals surface area (Å²) in [7, 11) is 0. The summed E-state index contributed by atoms with van der Waals surface area (Å²) >= 11 is 0. The number of carbonyl (C=O) groups is 1. The molecule has 0 saturated carbocycles. The Labute approximate surface area is 57.7 Å². The lowest BCUT2D eigenvalue weighted by atomic mass is 10.6. The maximum absolute atomic E-state index is 10.6. The molecule has 0 fully saturated rings. The summed E-state index contributed by atoms with van der Waals surface area (Å²) in [6.07, 6.45) is 6.90. The number of hydrogen-bond donors (Lipinski definition) is 0. The van der Waals surface area contributed by atoms with Crippen LogP contribution >= 0.6 is 0 Å². The summed E-state index contributed by atoms with van der Waals surface area (Å²) in [5.74, 6) is -0.328. The molecular weight excluding hydrogens is 130 g/mol. The smallest absolute Gasteiger partial charge is 0.267 e. The van der Waals surface area contributed by atoms with Gasteiger partial charge in [-0.3, -0.25) is 4.79 Å². The Morgan fingerprint density at radius 3 is 2.90 bits per heavy atom. The lowest BCUT2D eigenvalue weighted by Crippen LogP contribution is -1.84. The molecule has 0 radical (unpaired) electrons.